The maximum absolute atomic E-state index is 14.0. The van der Waals surface area contributed by atoms with Gasteiger partial charge in [-0.2, -0.15) is 0 Å². The van der Waals surface area contributed by atoms with Crippen LogP contribution in [0.15, 0.2) is 34.8 Å². The van der Waals surface area contributed by atoms with Crippen molar-refractivity contribution in [2.45, 2.75) is 19.6 Å². The van der Waals surface area contributed by atoms with Gasteiger partial charge in [-0.05, 0) is 50.8 Å². The van der Waals surface area contributed by atoms with Crippen LogP contribution in [0.4, 0.5) is 4.39 Å². The van der Waals surface area contributed by atoms with Crippen molar-refractivity contribution >= 4 is 27.5 Å². The number of hydrogen-bond acceptors (Lipinski definition) is 4. The molecular formula is C19H23BrClFN2O2. The highest BCUT2D eigenvalue weighted by atomic mass is 79.9. The summed E-state index contributed by atoms with van der Waals surface area (Å²) < 4.78 is 26.3. The lowest BCUT2D eigenvalue weighted by molar-refractivity contribution is 0.276. The predicted molar refractivity (Wildman–Crippen MR) is 107 cm³/mol. The first kappa shape index (κ1) is 21.0. The summed E-state index contributed by atoms with van der Waals surface area (Å²) in [6.45, 7) is 2.43. The van der Waals surface area contributed by atoms with Gasteiger partial charge in [-0.25, -0.2) is 4.39 Å². The SMILES string of the molecule is CNCCCNCc1c(Br)ccc(OC)c1OCc1c(F)cccc1Cl. The number of rotatable bonds is 10. The van der Waals surface area contributed by atoms with Crippen molar-refractivity contribution < 1.29 is 13.9 Å². The van der Waals surface area contributed by atoms with E-state index in [4.69, 9.17) is 21.1 Å². The van der Waals surface area contributed by atoms with Crippen LogP contribution in [0.2, 0.25) is 5.02 Å². The third kappa shape index (κ3) is 5.58. The Hall–Kier alpha value is -1.34. The lowest BCUT2D eigenvalue weighted by atomic mass is 10.1. The molecule has 0 saturated carbocycles. The second-order valence-corrected chi connectivity index (χ2v) is 6.94. The summed E-state index contributed by atoms with van der Waals surface area (Å²) >= 11 is 9.65. The van der Waals surface area contributed by atoms with E-state index in [1.807, 2.05) is 19.2 Å². The van der Waals surface area contributed by atoms with Crippen LogP contribution in [0.25, 0.3) is 0 Å². The van der Waals surface area contributed by atoms with Gasteiger partial charge in [0.25, 0.3) is 0 Å². The van der Waals surface area contributed by atoms with E-state index >= 15 is 0 Å². The summed E-state index contributed by atoms with van der Waals surface area (Å²) in [5.41, 5.74) is 1.24. The molecule has 0 saturated heterocycles. The Balaban J connectivity index is 2.18. The Labute approximate surface area is 167 Å². The van der Waals surface area contributed by atoms with Gasteiger partial charge in [-0.3, -0.25) is 0 Å². The molecule has 2 aromatic carbocycles. The second kappa shape index (κ2) is 10.7. The zero-order valence-electron chi connectivity index (χ0n) is 14.9. The van der Waals surface area contributed by atoms with Crippen molar-refractivity contribution in [2.75, 3.05) is 27.2 Å². The fourth-order valence-electron chi connectivity index (χ4n) is 2.48. The average Bonchev–Trinajstić information content (AvgIpc) is 2.63. The number of nitrogens with one attached hydrogen (secondary N) is 2. The van der Waals surface area contributed by atoms with Crippen molar-refractivity contribution in [3.05, 3.63) is 56.8 Å². The first-order valence-corrected chi connectivity index (χ1v) is 9.52. The van der Waals surface area contributed by atoms with Crippen LogP contribution in [-0.2, 0) is 13.2 Å². The van der Waals surface area contributed by atoms with E-state index < -0.39 is 5.82 Å². The third-order valence-corrected chi connectivity index (χ3v) is 4.99. The van der Waals surface area contributed by atoms with E-state index in [-0.39, 0.29) is 6.61 Å². The Morgan fingerprint density at radius 2 is 1.96 bits per heavy atom. The van der Waals surface area contributed by atoms with Gasteiger partial charge in [-0.15, -0.1) is 0 Å². The van der Waals surface area contributed by atoms with Crippen LogP contribution in [0.3, 0.4) is 0 Å². The molecule has 0 radical (unpaired) electrons. The van der Waals surface area contributed by atoms with Gasteiger partial charge in [0, 0.05) is 22.1 Å². The molecule has 26 heavy (non-hydrogen) atoms. The molecule has 2 rings (SSSR count). The maximum atomic E-state index is 14.0. The average molecular weight is 446 g/mol. The lowest BCUT2D eigenvalue weighted by Crippen LogP contribution is -2.20. The molecule has 0 unspecified atom stereocenters. The smallest absolute Gasteiger partial charge is 0.167 e. The van der Waals surface area contributed by atoms with Crippen molar-refractivity contribution in [3.63, 3.8) is 0 Å². The number of methoxy groups -OCH3 is 1. The molecule has 0 amide bonds. The molecule has 0 spiro atoms. The normalized spacial score (nSPS) is 10.8. The summed E-state index contributed by atoms with van der Waals surface area (Å²) in [4.78, 5) is 0. The summed E-state index contributed by atoms with van der Waals surface area (Å²) in [5, 5.41) is 6.84. The van der Waals surface area contributed by atoms with Crippen LogP contribution in [-0.4, -0.2) is 27.2 Å². The highest BCUT2D eigenvalue weighted by Crippen LogP contribution is 2.37. The summed E-state index contributed by atoms with van der Waals surface area (Å²) in [6.07, 6.45) is 1.01. The van der Waals surface area contributed by atoms with Crippen LogP contribution in [0.5, 0.6) is 11.5 Å². The highest BCUT2D eigenvalue weighted by Gasteiger charge is 2.16. The molecule has 0 atom stereocenters. The fourth-order valence-corrected chi connectivity index (χ4v) is 3.15. The highest BCUT2D eigenvalue weighted by molar-refractivity contribution is 9.10. The predicted octanol–water partition coefficient (Wildman–Crippen LogP) is 4.53. The molecule has 0 heterocycles. The van der Waals surface area contributed by atoms with E-state index in [1.54, 1.807) is 19.2 Å². The molecule has 142 valence electrons. The first-order valence-electron chi connectivity index (χ1n) is 8.34. The van der Waals surface area contributed by atoms with Gasteiger partial charge in [0.2, 0.25) is 0 Å². The molecule has 0 aromatic heterocycles. The standard InChI is InChI=1S/C19H23BrClFN2O2/c1-23-9-4-10-24-11-13-15(20)7-8-18(25-2)19(13)26-12-14-16(21)5-3-6-17(14)22/h3,5-8,23-24H,4,9-12H2,1-2H3. The molecule has 0 aliphatic rings. The van der Waals surface area contributed by atoms with E-state index in [0.29, 0.717) is 28.6 Å². The molecule has 0 aliphatic carbocycles. The Morgan fingerprint density at radius 3 is 2.65 bits per heavy atom. The Morgan fingerprint density at radius 1 is 1.15 bits per heavy atom. The summed E-state index contributed by atoms with van der Waals surface area (Å²) in [6, 6.07) is 8.30. The third-order valence-electron chi connectivity index (χ3n) is 3.89. The molecule has 4 nitrogen and oxygen atoms in total. The van der Waals surface area contributed by atoms with Crippen LogP contribution < -0.4 is 20.1 Å². The summed E-state index contributed by atoms with van der Waals surface area (Å²) in [7, 11) is 3.51. The summed E-state index contributed by atoms with van der Waals surface area (Å²) in [5.74, 6) is 0.771. The number of benzene rings is 2. The van der Waals surface area contributed by atoms with Crippen molar-refractivity contribution in [3.8, 4) is 11.5 Å². The minimum absolute atomic E-state index is 0.0189. The zero-order valence-corrected chi connectivity index (χ0v) is 17.2. The quantitative estimate of drug-likeness (QED) is 0.527. The van der Waals surface area contributed by atoms with Gasteiger partial charge < -0.3 is 20.1 Å². The first-order chi connectivity index (χ1) is 12.6. The largest absolute Gasteiger partial charge is 0.493 e. The Kier molecular flexibility index (Phi) is 8.65. The van der Waals surface area contributed by atoms with Gasteiger partial charge in [0.15, 0.2) is 11.5 Å². The Bertz CT molecular complexity index is 711. The lowest BCUT2D eigenvalue weighted by Gasteiger charge is -2.18. The number of hydrogen-bond donors (Lipinski definition) is 2. The molecule has 2 aromatic rings. The van der Waals surface area contributed by atoms with Gasteiger partial charge >= 0.3 is 0 Å². The molecule has 0 aliphatic heterocycles. The van der Waals surface area contributed by atoms with E-state index in [0.717, 1.165) is 29.5 Å². The topological polar surface area (TPSA) is 42.5 Å². The van der Waals surface area contributed by atoms with E-state index in [1.165, 1.54) is 6.07 Å². The van der Waals surface area contributed by atoms with Crippen LogP contribution in [0.1, 0.15) is 17.5 Å². The van der Waals surface area contributed by atoms with Crippen molar-refractivity contribution in [1.82, 2.24) is 10.6 Å². The van der Waals surface area contributed by atoms with Gasteiger partial charge in [-0.1, -0.05) is 33.6 Å². The molecule has 7 heteroatoms. The van der Waals surface area contributed by atoms with E-state index in [9.17, 15) is 4.39 Å². The van der Waals surface area contributed by atoms with E-state index in [2.05, 4.69) is 26.6 Å². The van der Waals surface area contributed by atoms with Gasteiger partial charge in [0.05, 0.1) is 12.1 Å². The molecule has 2 N–H and O–H groups in total. The number of halogens is 3. The minimum Gasteiger partial charge on any atom is -0.493 e. The van der Waals surface area contributed by atoms with Crippen molar-refractivity contribution in [1.29, 1.82) is 0 Å². The fraction of sp³-hybridized carbons (Fsp3) is 0.368. The van der Waals surface area contributed by atoms with Crippen LogP contribution >= 0.6 is 27.5 Å². The van der Waals surface area contributed by atoms with Crippen molar-refractivity contribution in [2.24, 2.45) is 0 Å². The molecule has 0 fully saturated rings. The zero-order chi connectivity index (χ0) is 18.9. The molecule has 0 bridgehead atoms. The van der Waals surface area contributed by atoms with Gasteiger partial charge in [0.1, 0.15) is 12.4 Å². The maximum Gasteiger partial charge on any atom is 0.167 e. The molecular weight excluding hydrogens is 423 g/mol. The van der Waals surface area contributed by atoms with Crippen LogP contribution in [0, 0.1) is 5.82 Å². The minimum atomic E-state index is -0.391. The second-order valence-electron chi connectivity index (χ2n) is 5.68. The number of ether oxygens (including phenoxy) is 2. The monoisotopic (exact) mass is 444 g/mol.